The smallest absolute Gasteiger partial charge is 0.165 e. The van der Waals surface area contributed by atoms with Crippen LogP contribution < -0.4 is 0 Å². The molecule has 0 nitrogen and oxygen atoms in total. The van der Waals surface area contributed by atoms with E-state index in [0.29, 0.717) is 21.4 Å². The Labute approximate surface area is 76.6 Å². The second-order valence-corrected chi connectivity index (χ2v) is 3.53. The average molecular weight is 200 g/mol. The molecule has 0 N–H and O–H groups in total. The van der Waals surface area contributed by atoms with E-state index >= 15 is 0 Å². The van der Waals surface area contributed by atoms with Crippen molar-refractivity contribution in [2.45, 2.75) is 6.18 Å². The SMILES string of the molecule is FC(F)(F)c1cc2[c]cc[c]c2s1. The lowest BCUT2D eigenvalue weighted by Gasteiger charge is -1.99. The molecule has 0 atom stereocenters. The van der Waals surface area contributed by atoms with Crippen molar-refractivity contribution in [3.63, 3.8) is 0 Å². The van der Waals surface area contributed by atoms with Crippen LogP contribution in [0.1, 0.15) is 4.88 Å². The van der Waals surface area contributed by atoms with Gasteiger partial charge in [-0.25, -0.2) is 0 Å². The van der Waals surface area contributed by atoms with Gasteiger partial charge in [-0.2, -0.15) is 13.2 Å². The molecule has 0 spiro atoms. The second kappa shape index (κ2) is 2.73. The number of thiophene rings is 1. The van der Waals surface area contributed by atoms with E-state index in [4.69, 9.17) is 0 Å². The second-order valence-electron chi connectivity index (χ2n) is 2.47. The van der Waals surface area contributed by atoms with Gasteiger partial charge in [-0.15, -0.1) is 11.3 Å². The Morgan fingerprint density at radius 1 is 1.15 bits per heavy atom. The summed E-state index contributed by atoms with van der Waals surface area (Å²) in [5.41, 5.74) is 0. The lowest BCUT2D eigenvalue weighted by molar-refractivity contribution is -0.134. The highest BCUT2D eigenvalue weighted by Gasteiger charge is 2.32. The molecule has 0 bridgehead atoms. The van der Waals surface area contributed by atoms with Gasteiger partial charge in [0.15, 0.2) is 0 Å². The lowest BCUT2D eigenvalue weighted by Crippen LogP contribution is -2.00. The predicted octanol–water partition coefficient (Wildman–Crippen LogP) is 3.52. The number of hydrogen-bond donors (Lipinski definition) is 0. The van der Waals surface area contributed by atoms with Crippen LogP contribution in [0.3, 0.4) is 0 Å². The standard InChI is InChI=1S/C9H3F3S/c10-9(11,12)8-5-6-3-1-2-4-7(6)13-8/h1-2,5H. The number of alkyl halides is 3. The first-order valence-electron chi connectivity index (χ1n) is 3.46. The summed E-state index contributed by atoms with van der Waals surface area (Å²) in [6, 6.07) is 9.65. The molecule has 2 rings (SSSR count). The monoisotopic (exact) mass is 200 g/mol. The summed E-state index contributed by atoms with van der Waals surface area (Å²) in [6.07, 6.45) is -4.26. The molecule has 0 amide bonds. The zero-order valence-corrected chi connectivity index (χ0v) is 7.09. The van der Waals surface area contributed by atoms with E-state index < -0.39 is 11.1 Å². The average Bonchev–Trinajstić information content (AvgIpc) is 2.45. The summed E-state index contributed by atoms with van der Waals surface area (Å²) in [5.74, 6) is 0. The van der Waals surface area contributed by atoms with E-state index in [1.807, 2.05) is 0 Å². The summed E-state index contributed by atoms with van der Waals surface area (Å²) in [4.78, 5) is -0.596. The van der Waals surface area contributed by atoms with E-state index in [-0.39, 0.29) is 0 Å². The first-order chi connectivity index (χ1) is 6.07. The Kier molecular flexibility index (Phi) is 1.80. The molecule has 2 radical (unpaired) electrons. The van der Waals surface area contributed by atoms with Gasteiger partial charge in [0, 0.05) is 16.2 Å². The molecule has 4 heteroatoms. The maximum Gasteiger partial charge on any atom is 0.425 e. The van der Waals surface area contributed by atoms with E-state index in [9.17, 15) is 13.2 Å². The van der Waals surface area contributed by atoms with Crippen LogP contribution in [0, 0.1) is 12.1 Å². The highest BCUT2D eigenvalue weighted by atomic mass is 32.1. The molecule has 0 aliphatic heterocycles. The topological polar surface area (TPSA) is 0 Å². The summed E-state index contributed by atoms with van der Waals surface area (Å²) in [5, 5.41) is 0.472. The Bertz CT molecular complexity index is 395. The lowest BCUT2D eigenvalue weighted by atomic mass is 10.2. The van der Waals surface area contributed by atoms with E-state index in [2.05, 4.69) is 12.1 Å². The number of benzene rings is 1. The van der Waals surface area contributed by atoms with Crippen LogP contribution in [-0.4, -0.2) is 0 Å². The van der Waals surface area contributed by atoms with Crippen molar-refractivity contribution < 1.29 is 13.2 Å². The van der Waals surface area contributed by atoms with Crippen molar-refractivity contribution in [1.29, 1.82) is 0 Å². The summed E-state index contributed by atoms with van der Waals surface area (Å²) >= 11 is 0.692. The van der Waals surface area contributed by atoms with Crippen molar-refractivity contribution in [1.82, 2.24) is 0 Å². The molecule has 13 heavy (non-hydrogen) atoms. The summed E-state index contributed by atoms with van der Waals surface area (Å²) in [6.45, 7) is 0. The van der Waals surface area contributed by atoms with E-state index in [1.165, 1.54) is 0 Å². The highest BCUT2D eigenvalue weighted by Crippen LogP contribution is 2.37. The third kappa shape index (κ3) is 1.54. The molecular formula is C9H3F3S. The van der Waals surface area contributed by atoms with Crippen molar-refractivity contribution in [2.75, 3.05) is 0 Å². The third-order valence-electron chi connectivity index (χ3n) is 1.55. The van der Waals surface area contributed by atoms with Crippen LogP contribution in [0.4, 0.5) is 13.2 Å². The molecular weight excluding hydrogens is 197 g/mol. The van der Waals surface area contributed by atoms with Crippen molar-refractivity contribution in [2.24, 2.45) is 0 Å². The maximum atomic E-state index is 12.2. The fourth-order valence-electron chi connectivity index (χ4n) is 0.994. The Morgan fingerprint density at radius 3 is 2.46 bits per heavy atom. The van der Waals surface area contributed by atoms with Gasteiger partial charge < -0.3 is 0 Å². The number of fused-ring (bicyclic) bond motifs is 1. The van der Waals surface area contributed by atoms with Crippen LogP contribution in [0.2, 0.25) is 0 Å². The number of rotatable bonds is 0. The maximum absolute atomic E-state index is 12.2. The van der Waals surface area contributed by atoms with Crippen LogP contribution in [0.5, 0.6) is 0 Å². The Hall–Kier alpha value is -1.03. The zero-order chi connectivity index (χ0) is 9.47. The molecule has 1 aromatic heterocycles. The van der Waals surface area contributed by atoms with Crippen LogP contribution in [0.25, 0.3) is 10.1 Å². The fraction of sp³-hybridized carbons (Fsp3) is 0.111. The van der Waals surface area contributed by atoms with Gasteiger partial charge in [-0.05, 0) is 12.1 Å². The van der Waals surface area contributed by atoms with E-state index in [0.717, 1.165) is 6.07 Å². The number of halogens is 3. The molecule has 2 aromatic rings. The first-order valence-corrected chi connectivity index (χ1v) is 4.28. The first kappa shape index (κ1) is 8.56. The van der Waals surface area contributed by atoms with Crippen LogP contribution in [-0.2, 0) is 6.18 Å². The third-order valence-corrected chi connectivity index (χ3v) is 2.66. The largest absolute Gasteiger partial charge is 0.425 e. The van der Waals surface area contributed by atoms with Crippen LogP contribution >= 0.6 is 11.3 Å². The van der Waals surface area contributed by atoms with Gasteiger partial charge in [0.25, 0.3) is 0 Å². The molecule has 0 saturated carbocycles. The Balaban J connectivity index is 2.63. The Morgan fingerprint density at radius 2 is 1.85 bits per heavy atom. The molecule has 0 unspecified atom stereocenters. The predicted molar refractivity (Wildman–Crippen MR) is 44.5 cm³/mol. The zero-order valence-electron chi connectivity index (χ0n) is 6.27. The van der Waals surface area contributed by atoms with Gasteiger partial charge in [0.05, 0.1) is 0 Å². The highest BCUT2D eigenvalue weighted by molar-refractivity contribution is 7.19. The molecule has 0 aliphatic carbocycles. The van der Waals surface area contributed by atoms with E-state index in [1.54, 1.807) is 12.1 Å². The molecule has 1 aromatic carbocycles. The minimum absolute atomic E-state index is 0.472. The van der Waals surface area contributed by atoms with Crippen molar-refractivity contribution >= 4 is 21.4 Å². The van der Waals surface area contributed by atoms with Crippen LogP contribution in [0.15, 0.2) is 18.2 Å². The molecule has 0 fully saturated rings. The molecule has 0 saturated heterocycles. The molecule has 0 aliphatic rings. The summed E-state index contributed by atoms with van der Waals surface area (Å²) < 4.78 is 37.1. The molecule has 1 heterocycles. The molecule has 66 valence electrons. The minimum Gasteiger partial charge on any atom is -0.165 e. The van der Waals surface area contributed by atoms with Gasteiger partial charge in [-0.1, -0.05) is 12.1 Å². The van der Waals surface area contributed by atoms with Gasteiger partial charge in [0.2, 0.25) is 0 Å². The number of hydrogen-bond acceptors (Lipinski definition) is 1. The minimum atomic E-state index is -4.26. The van der Waals surface area contributed by atoms with Gasteiger partial charge >= 0.3 is 6.18 Å². The van der Waals surface area contributed by atoms with Crippen molar-refractivity contribution in [3.8, 4) is 0 Å². The van der Waals surface area contributed by atoms with Crippen molar-refractivity contribution in [3.05, 3.63) is 35.2 Å². The normalized spacial score (nSPS) is 12.2. The van der Waals surface area contributed by atoms with Gasteiger partial charge in [-0.3, -0.25) is 0 Å². The van der Waals surface area contributed by atoms with Gasteiger partial charge in [0.1, 0.15) is 4.88 Å². The fourth-order valence-corrected chi connectivity index (χ4v) is 1.86. The quantitative estimate of drug-likeness (QED) is 0.610. The summed E-state index contributed by atoms with van der Waals surface area (Å²) in [7, 11) is 0.